The van der Waals surface area contributed by atoms with Gasteiger partial charge in [0.05, 0.1) is 34.7 Å². The van der Waals surface area contributed by atoms with Crippen molar-refractivity contribution in [1.82, 2.24) is 25.1 Å². The van der Waals surface area contributed by atoms with Crippen molar-refractivity contribution < 1.29 is 9.18 Å². The Morgan fingerprint density at radius 1 is 1.03 bits per heavy atom. The van der Waals surface area contributed by atoms with Crippen LogP contribution < -0.4 is 5.32 Å². The van der Waals surface area contributed by atoms with Crippen LogP contribution in [-0.2, 0) is 0 Å². The second-order valence-corrected chi connectivity index (χ2v) is 6.65. The fourth-order valence-corrected chi connectivity index (χ4v) is 3.31. The van der Waals surface area contributed by atoms with Crippen molar-refractivity contribution in [1.29, 1.82) is 0 Å². The summed E-state index contributed by atoms with van der Waals surface area (Å²) in [5.41, 5.74) is 4.31. The first-order valence-electron chi connectivity index (χ1n) is 9.19. The molecule has 7 nitrogen and oxygen atoms in total. The van der Waals surface area contributed by atoms with Crippen molar-refractivity contribution in [3.63, 3.8) is 0 Å². The van der Waals surface area contributed by atoms with E-state index in [2.05, 4.69) is 30.5 Å². The van der Waals surface area contributed by atoms with E-state index in [0.29, 0.717) is 28.3 Å². The number of aromatic amines is 2. The van der Waals surface area contributed by atoms with Gasteiger partial charge in [-0.3, -0.25) is 14.9 Å². The number of nitrogens with one attached hydrogen (secondary N) is 3. The Labute approximate surface area is 170 Å². The van der Waals surface area contributed by atoms with E-state index in [0.717, 1.165) is 16.6 Å². The lowest BCUT2D eigenvalue weighted by atomic mass is 10.0. The lowest BCUT2D eigenvalue weighted by molar-refractivity contribution is 0.102. The van der Waals surface area contributed by atoms with Crippen molar-refractivity contribution in [2.45, 2.75) is 0 Å². The summed E-state index contributed by atoms with van der Waals surface area (Å²) in [4.78, 5) is 24.6. The van der Waals surface area contributed by atoms with Crippen LogP contribution in [0.4, 0.5) is 10.1 Å². The summed E-state index contributed by atoms with van der Waals surface area (Å²) >= 11 is 0. The molecule has 0 saturated carbocycles. The molecular formula is C22H15FN6O. The Hall–Kier alpha value is -4.33. The second-order valence-electron chi connectivity index (χ2n) is 6.65. The number of hydrogen-bond acceptors (Lipinski definition) is 4. The topological polar surface area (TPSA) is 99.3 Å². The molecule has 0 aliphatic rings. The number of hydrogen-bond donors (Lipinski definition) is 3. The molecule has 0 unspecified atom stereocenters. The zero-order valence-electron chi connectivity index (χ0n) is 15.6. The van der Waals surface area contributed by atoms with Crippen molar-refractivity contribution in [2.75, 3.05) is 5.32 Å². The van der Waals surface area contributed by atoms with Gasteiger partial charge in [-0.25, -0.2) is 9.37 Å². The SMILES string of the molecule is O=C(Nc1cccnc1)c1cn[nH]c1-c1nc2c(-c3cccc(F)c3)cccc2[nH]1. The van der Waals surface area contributed by atoms with E-state index in [1.165, 1.54) is 18.3 Å². The van der Waals surface area contributed by atoms with E-state index in [1.54, 1.807) is 30.6 Å². The molecule has 0 aliphatic carbocycles. The predicted octanol–water partition coefficient (Wildman–Crippen LogP) is 4.41. The molecule has 3 N–H and O–H groups in total. The minimum Gasteiger partial charge on any atom is -0.337 e. The van der Waals surface area contributed by atoms with Gasteiger partial charge in [0.15, 0.2) is 5.82 Å². The number of anilines is 1. The van der Waals surface area contributed by atoms with Crippen LogP contribution in [-0.4, -0.2) is 31.1 Å². The number of para-hydroxylation sites is 1. The van der Waals surface area contributed by atoms with Crippen molar-refractivity contribution in [3.05, 3.63) is 84.6 Å². The highest BCUT2D eigenvalue weighted by Gasteiger charge is 2.19. The monoisotopic (exact) mass is 398 g/mol. The Balaban J connectivity index is 1.55. The molecule has 0 spiro atoms. The Kier molecular flexibility index (Phi) is 4.29. The maximum atomic E-state index is 13.7. The van der Waals surface area contributed by atoms with Crippen molar-refractivity contribution >= 4 is 22.6 Å². The molecule has 8 heteroatoms. The van der Waals surface area contributed by atoms with Gasteiger partial charge in [0.2, 0.25) is 0 Å². The maximum absolute atomic E-state index is 13.7. The molecule has 0 atom stereocenters. The maximum Gasteiger partial charge on any atom is 0.259 e. The highest BCUT2D eigenvalue weighted by molar-refractivity contribution is 6.08. The van der Waals surface area contributed by atoms with Crippen LogP contribution in [0.1, 0.15) is 10.4 Å². The van der Waals surface area contributed by atoms with E-state index >= 15 is 0 Å². The molecule has 0 bridgehead atoms. The van der Waals surface area contributed by atoms with E-state index in [-0.39, 0.29) is 11.7 Å². The Bertz CT molecular complexity index is 1360. The van der Waals surface area contributed by atoms with Gasteiger partial charge >= 0.3 is 0 Å². The second kappa shape index (κ2) is 7.25. The van der Waals surface area contributed by atoms with E-state index in [1.807, 2.05) is 24.3 Å². The number of carbonyl (C=O) groups is 1. The van der Waals surface area contributed by atoms with Crippen LogP contribution in [0.3, 0.4) is 0 Å². The fourth-order valence-electron chi connectivity index (χ4n) is 3.31. The predicted molar refractivity (Wildman–Crippen MR) is 111 cm³/mol. The zero-order chi connectivity index (χ0) is 20.5. The first kappa shape index (κ1) is 17.7. The Morgan fingerprint density at radius 2 is 1.93 bits per heavy atom. The van der Waals surface area contributed by atoms with Crippen LogP contribution in [0.25, 0.3) is 33.7 Å². The molecule has 3 aromatic heterocycles. The lowest BCUT2D eigenvalue weighted by Gasteiger charge is -2.04. The lowest BCUT2D eigenvalue weighted by Crippen LogP contribution is -2.12. The van der Waals surface area contributed by atoms with Gasteiger partial charge in [-0.15, -0.1) is 0 Å². The summed E-state index contributed by atoms with van der Waals surface area (Å²) in [6.45, 7) is 0. The normalized spacial score (nSPS) is 11.0. The van der Waals surface area contributed by atoms with E-state index < -0.39 is 0 Å². The third-order valence-electron chi connectivity index (χ3n) is 4.69. The number of aromatic nitrogens is 5. The first-order valence-corrected chi connectivity index (χ1v) is 9.19. The fraction of sp³-hybridized carbons (Fsp3) is 0. The smallest absolute Gasteiger partial charge is 0.259 e. The number of nitrogens with zero attached hydrogens (tertiary/aromatic N) is 3. The molecule has 5 aromatic rings. The molecule has 0 fully saturated rings. The first-order chi connectivity index (χ1) is 14.7. The number of rotatable bonds is 4. The van der Waals surface area contributed by atoms with Gasteiger partial charge in [0.25, 0.3) is 5.91 Å². The van der Waals surface area contributed by atoms with Gasteiger partial charge in [-0.2, -0.15) is 5.10 Å². The molecular weight excluding hydrogens is 383 g/mol. The largest absolute Gasteiger partial charge is 0.337 e. The minimum absolute atomic E-state index is 0.316. The van der Waals surface area contributed by atoms with Crippen LogP contribution >= 0.6 is 0 Å². The van der Waals surface area contributed by atoms with E-state index in [9.17, 15) is 9.18 Å². The molecule has 2 aromatic carbocycles. The van der Waals surface area contributed by atoms with Crippen molar-refractivity contribution in [3.8, 4) is 22.6 Å². The quantitative estimate of drug-likeness (QED) is 0.418. The number of carbonyl (C=O) groups excluding carboxylic acids is 1. The van der Waals surface area contributed by atoms with Crippen LogP contribution in [0.5, 0.6) is 0 Å². The zero-order valence-corrected chi connectivity index (χ0v) is 15.6. The number of fused-ring (bicyclic) bond motifs is 1. The summed E-state index contributed by atoms with van der Waals surface area (Å²) in [5.74, 6) is -0.191. The average Bonchev–Trinajstić information content (AvgIpc) is 3.41. The highest BCUT2D eigenvalue weighted by atomic mass is 19.1. The number of pyridine rings is 1. The summed E-state index contributed by atoms with van der Waals surface area (Å²) in [6.07, 6.45) is 4.63. The number of H-pyrrole nitrogens is 2. The molecule has 3 heterocycles. The third kappa shape index (κ3) is 3.20. The number of benzene rings is 2. The molecule has 0 radical (unpaired) electrons. The van der Waals surface area contributed by atoms with Gasteiger partial charge in [0, 0.05) is 11.8 Å². The number of halogens is 1. The van der Waals surface area contributed by atoms with Gasteiger partial charge in [-0.1, -0.05) is 24.3 Å². The van der Waals surface area contributed by atoms with Gasteiger partial charge in [-0.05, 0) is 35.9 Å². The van der Waals surface area contributed by atoms with Crippen LogP contribution in [0.15, 0.2) is 73.2 Å². The molecule has 146 valence electrons. The number of imidazole rings is 1. The van der Waals surface area contributed by atoms with Crippen LogP contribution in [0, 0.1) is 5.82 Å². The highest BCUT2D eigenvalue weighted by Crippen LogP contribution is 2.30. The molecule has 5 rings (SSSR count). The van der Waals surface area contributed by atoms with Gasteiger partial charge in [0.1, 0.15) is 11.5 Å². The Morgan fingerprint density at radius 3 is 2.77 bits per heavy atom. The average molecular weight is 398 g/mol. The third-order valence-corrected chi connectivity index (χ3v) is 4.69. The van der Waals surface area contributed by atoms with Crippen molar-refractivity contribution in [2.24, 2.45) is 0 Å². The summed E-state index contributed by atoms with van der Waals surface area (Å²) < 4.78 is 13.7. The summed E-state index contributed by atoms with van der Waals surface area (Å²) in [5, 5.41) is 9.64. The van der Waals surface area contributed by atoms with Crippen LogP contribution in [0.2, 0.25) is 0 Å². The van der Waals surface area contributed by atoms with E-state index in [4.69, 9.17) is 0 Å². The molecule has 1 amide bonds. The molecule has 0 aliphatic heterocycles. The molecule has 30 heavy (non-hydrogen) atoms. The summed E-state index contributed by atoms with van der Waals surface area (Å²) in [6, 6.07) is 15.5. The number of amides is 1. The van der Waals surface area contributed by atoms with Gasteiger partial charge < -0.3 is 10.3 Å². The standard InChI is InChI=1S/C22H15FN6O/c23-14-5-1-4-13(10-14)16-7-2-8-18-19(16)28-21(27-18)20-17(12-25-29-20)22(30)26-15-6-3-9-24-11-15/h1-12H,(H,25,29)(H,26,30)(H,27,28). The summed E-state index contributed by atoms with van der Waals surface area (Å²) in [7, 11) is 0. The molecule has 0 saturated heterocycles. The minimum atomic E-state index is -0.336.